The predicted octanol–water partition coefficient (Wildman–Crippen LogP) is 1.50. The number of piperidine rings is 1. The SMILES string of the molecule is CC(C)(C)OC(=O)N1CCC(N=C/C(C=O)=C\N)CC1. The van der Waals surface area contributed by atoms with Gasteiger partial charge in [-0.1, -0.05) is 0 Å². The number of aliphatic imine (C=N–C) groups is 1. The maximum atomic E-state index is 11.9. The fourth-order valence-corrected chi connectivity index (χ4v) is 1.83. The van der Waals surface area contributed by atoms with Gasteiger partial charge >= 0.3 is 6.09 Å². The minimum Gasteiger partial charge on any atom is -0.444 e. The van der Waals surface area contributed by atoms with E-state index in [-0.39, 0.29) is 12.1 Å². The van der Waals surface area contributed by atoms with E-state index in [1.54, 1.807) is 4.90 Å². The Kier molecular flexibility index (Phi) is 5.73. The van der Waals surface area contributed by atoms with Crippen molar-refractivity contribution < 1.29 is 14.3 Å². The van der Waals surface area contributed by atoms with Crippen LogP contribution in [-0.4, -0.2) is 48.2 Å². The standard InChI is InChI=1S/C14H23N3O3/c1-14(2,3)20-13(19)17-6-4-12(5-7-17)16-9-11(8-15)10-18/h8-10,12H,4-7,15H2,1-3H3/b11-8+,16-9?. The number of nitrogens with zero attached hydrogens (tertiary/aromatic N) is 2. The van der Waals surface area contributed by atoms with E-state index >= 15 is 0 Å². The van der Waals surface area contributed by atoms with Crippen molar-refractivity contribution >= 4 is 18.6 Å². The molecule has 0 aromatic heterocycles. The fraction of sp³-hybridized carbons (Fsp3) is 0.643. The highest BCUT2D eigenvalue weighted by Gasteiger charge is 2.26. The molecule has 1 aliphatic rings. The molecule has 1 fully saturated rings. The van der Waals surface area contributed by atoms with E-state index in [0.29, 0.717) is 24.9 Å². The van der Waals surface area contributed by atoms with Crippen molar-refractivity contribution in [1.29, 1.82) is 0 Å². The molecule has 0 radical (unpaired) electrons. The molecule has 0 aromatic carbocycles. The van der Waals surface area contributed by atoms with Gasteiger partial charge in [0.15, 0.2) is 6.29 Å². The first-order valence-electron chi connectivity index (χ1n) is 6.74. The van der Waals surface area contributed by atoms with Crippen molar-refractivity contribution in [2.24, 2.45) is 10.7 Å². The highest BCUT2D eigenvalue weighted by atomic mass is 16.6. The molecule has 0 atom stereocenters. The number of carbonyl (C=O) groups is 2. The molecule has 0 spiro atoms. The Bertz CT molecular complexity index is 402. The van der Waals surface area contributed by atoms with Gasteiger partial charge in [0, 0.05) is 31.1 Å². The summed E-state index contributed by atoms with van der Waals surface area (Å²) in [6, 6.07) is 0.114. The molecule has 112 valence electrons. The lowest BCUT2D eigenvalue weighted by Gasteiger charge is -2.32. The second kappa shape index (κ2) is 7.07. The maximum Gasteiger partial charge on any atom is 0.410 e. The first kappa shape index (κ1) is 16.2. The molecule has 1 aliphatic heterocycles. The van der Waals surface area contributed by atoms with E-state index in [4.69, 9.17) is 10.5 Å². The van der Waals surface area contributed by atoms with Crippen LogP contribution in [0.2, 0.25) is 0 Å². The molecule has 0 aliphatic carbocycles. The van der Waals surface area contributed by atoms with Crippen molar-refractivity contribution in [2.75, 3.05) is 13.1 Å². The van der Waals surface area contributed by atoms with Crippen LogP contribution in [0, 0.1) is 0 Å². The zero-order valence-electron chi connectivity index (χ0n) is 12.3. The Hall–Kier alpha value is -1.85. The highest BCUT2D eigenvalue weighted by Crippen LogP contribution is 2.17. The van der Waals surface area contributed by atoms with E-state index in [1.807, 2.05) is 20.8 Å². The molecule has 1 amide bonds. The van der Waals surface area contributed by atoms with Gasteiger partial charge in [0.1, 0.15) is 5.60 Å². The summed E-state index contributed by atoms with van der Waals surface area (Å²) in [4.78, 5) is 28.4. The zero-order chi connectivity index (χ0) is 15.2. The van der Waals surface area contributed by atoms with Gasteiger partial charge in [-0.05, 0) is 33.6 Å². The number of hydrogen-bond donors (Lipinski definition) is 1. The van der Waals surface area contributed by atoms with Gasteiger partial charge in [0.25, 0.3) is 0 Å². The lowest BCUT2D eigenvalue weighted by Crippen LogP contribution is -2.42. The number of aldehydes is 1. The van der Waals surface area contributed by atoms with Crippen LogP contribution in [0.3, 0.4) is 0 Å². The average Bonchev–Trinajstić information content (AvgIpc) is 2.38. The fourth-order valence-electron chi connectivity index (χ4n) is 1.83. The molecule has 0 saturated carbocycles. The molecule has 0 aromatic rings. The average molecular weight is 281 g/mol. The van der Waals surface area contributed by atoms with Crippen molar-refractivity contribution in [3.05, 3.63) is 11.8 Å². The third-order valence-corrected chi connectivity index (χ3v) is 2.88. The van der Waals surface area contributed by atoms with Crippen LogP contribution >= 0.6 is 0 Å². The van der Waals surface area contributed by atoms with Gasteiger partial charge in [-0.25, -0.2) is 4.79 Å². The quantitative estimate of drug-likeness (QED) is 0.482. The van der Waals surface area contributed by atoms with Crippen molar-refractivity contribution in [3.63, 3.8) is 0 Å². The number of hydrogen-bond acceptors (Lipinski definition) is 5. The number of ether oxygens (including phenoxy) is 1. The van der Waals surface area contributed by atoms with Crippen LogP contribution in [0.1, 0.15) is 33.6 Å². The third kappa shape index (κ3) is 5.42. The lowest BCUT2D eigenvalue weighted by atomic mass is 10.1. The molecule has 1 rings (SSSR count). The van der Waals surface area contributed by atoms with Gasteiger partial charge in [-0.15, -0.1) is 0 Å². The topological polar surface area (TPSA) is 85.0 Å². The highest BCUT2D eigenvalue weighted by molar-refractivity contribution is 6.01. The Morgan fingerprint density at radius 3 is 2.40 bits per heavy atom. The Morgan fingerprint density at radius 1 is 1.35 bits per heavy atom. The second-order valence-corrected chi connectivity index (χ2v) is 5.76. The molecule has 6 nitrogen and oxygen atoms in total. The van der Waals surface area contributed by atoms with Crippen LogP contribution < -0.4 is 5.73 Å². The number of likely N-dealkylation sites (tertiary alicyclic amines) is 1. The van der Waals surface area contributed by atoms with Gasteiger partial charge < -0.3 is 15.4 Å². The van der Waals surface area contributed by atoms with Crippen LogP contribution in [-0.2, 0) is 9.53 Å². The monoisotopic (exact) mass is 281 g/mol. The molecule has 6 heteroatoms. The van der Waals surface area contributed by atoms with Gasteiger partial charge in [-0.2, -0.15) is 0 Å². The second-order valence-electron chi connectivity index (χ2n) is 5.76. The number of allylic oxidation sites excluding steroid dienone is 1. The van der Waals surface area contributed by atoms with Crippen molar-refractivity contribution in [3.8, 4) is 0 Å². The first-order chi connectivity index (χ1) is 9.35. The van der Waals surface area contributed by atoms with Gasteiger partial charge in [0.2, 0.25) is 0 Å². The summed E-state index contributed by atoms with van der Waals surface area (Å²) in [5.74, 6) is 0. The van der Waals surface area contributed by atoms with Crippen LogP contribution in [0.15, 0.2) is 16.8 Å². The smallest absolute Gasteiger partial charge is 0.410 e. The first-order valence-corrected chi connectivity index (χ1v) is 6.74. The summed E-state index contributed by atoms with van der Waals surface area (Å²) < 4.78 is 5.32. The Labute approximate surface area is 119 Å². The summed E-state index contributed by atoms with van der Waals surface area (Å²) in [6.45, 7) is 6.77. The normalized spacial score (nSPS) is 18.4. The predicted molar refractivity (Wildman–Crippen MR) is 77.7 cm³/mol. The van der Waals surface area contributed by atoms with Crippen molar-refractivity contribution in [2.45, 2.75) is 45.3 Å². The zero-order valence-corrected chi connectivity index (χ0v) is 12.3. The van der Waals surface area contributed by atoms with E-state index < -0.39 is 5.60 Å². The number of amides is 1. The van der Waals surface area contributed by atoms with Crippen LogP contribution in [0.4, 0.5) is 4.79 Å². The van der Waals surface area contributed by atoms with Crippen LogP contribution in [0.25, 0.3) is 0 Å². The number of carbonyl (C=O) groups excluding carboxylic acids is 2. The third-order valence-electron chi connectivity index (χ3n) is 2.88. The van der Waals surface area contributed by atoms with Gasteiger partial charge in [-0.3, -0.25) is 9.79 Å². The summed E-state index contributed by atoms with van der Waals surface area (Å²) in [5.41, 5.74) is 5.15. The van der Waals surface area contributed by atoms with E-state index in [9.17, 15) is 9.59 Å². The molecule has 20 heavy (non-hydrogen) atoms. The van der Waals surface area contributed by atoms with E-state index in [0.717, 1.165) is 12.8 Å². The lowest BCUT2D eigenvalue weighted by molar-refractivity contribution is -0.104. The Balaban J connectivity index is 2.44. The number of rotatable bonds is 3. The minimum atomic E-state index is -0.475. The van der Waals surface area contributed by atoms with Crippen molar-refractivity contribution in [1.82, 2.24) is 4.90 Å². The molecular formula is C14H23N3O3. The summed E-state index contributed by atoms with van der Waals surface area (Å²) >= 11 is 0. The van der Waals surface area contributed by atoms with Gasteiger partial charge in [0.05, 0.1) is 6.04 Å². The molecule has 0 bridgehead atoms. The van der Waals surface area contributed by atoms with Crippen LogP contribution in [0.5, 0.6) is 0 Å². The molecular weight excluding hydrogens is 258 g/mol. The molecule has 0 unspecified atom stereocenters. The Morgan fingerprint density at radius 2 is 1.95 bits per heavy atom. The minimum absolute atomic E-state index is 0.114. The summed E-state index contributed by atoms with van der Waals surface area (Å²) in [6.07, 6.45) is 4.61. The van der Waals surface area contributed by atoms with E-state index in [2.05, 4.69) is 4.99 Å². The molecule has 1 saturated heterocycles. The molecule has 1 heterocycles. The summed E-state index contributed by atoms with van der Waals surface area (Å²) in [7, 11) is 0. The number of nitrogens with two attached hydrogens (primary N) is 1. The molecule has 2 N–H and O–H groups in total. The van der Waals surface area contributed by atoms with E-state index in [1.165, 1.54) is 12.4 Å². The summed E-state index contributed by atoms with van der Waals surface area (Å²) in [5, 5.41) is 0. The largest absolute Gasteiger partial charge is 0.444 e. The maximum absolute atomic E-state index is 11.9.